The summed E-state index contributed by atoms with van der Waals surface area (Å²) in [5.74, 6) is -1.05. The minimum absolute atomic E-state index is 0.0327. The molecule has 0 aliphatic carbocycles. The molecule has 6 nitrogen and oxygen atoms in total. The molecule has 0 radical (unpaired) electrons. The SMILES string of the molecule is CC[C@H](C)[C@H](NCc1c(O)ccc2c(C)c(C)c(=O)oc12)C(=O)O. The number of rotatable bonds is 6. The number of aliphatic carboxylic acids is 1. The fraction of sp³-hybridized carbons (Fsp3) is 0.444. The Morgan fingerprint density at radius 3 is 2.54 bits per heavy atom. The van der Waals surface area contributed by atoms with Gasteiger partial charge in [0, 0.05) is 17.5 Å². The predicted octanol–water partition coefficient (Wildman–Crippen LogP) is 2.70. The molecule has 130 valence electrons. The minimum atomic E-state index is -0.947. The number of hydrogen-bond donors (Lipinski definition) is 3. The third-order valence-corrected chi connectivity index (χ3v) is 4.68. The summed E-state index contributed by atoms with van der Waals surface area (Å²) >= 11 is 0. The van der Waals surface area contributed by atoms with E-state index in [1.165, 1.54) is 6.07 Å². The maximum atomic E-state index is 12.0. The van der Waals surface area contributed by atoms with Crippen LogP contribution in [0.3, 0.4) is 0 Å². The molecule has 0 aliphatic heterocycles. The van der Waals surface area contributed by atoms with Gasteiger partial charge in [-0.1, -0.05) is 20.3 Å². The van der Waals surface area contributed by atoms with Gasteiger partial charge in [0.05, 0.1) is 5.56 Å². The topological polar surface area (TPSA) is 99.8 Å². The lowest BCUT2D eigenvalue weighted by Crippen LogP contribution is -2.41. The van der Waals surface area contributed by atoms with Crippen molar-refractivity contribution in [3.63, 3.8) is 0 Å². The number of aromatic hydroxyl groups is 1. The number of phenols is 1. The van der Waals surface area contributed by atoms with Crippen LogP contribution in [-0.2, 0) is 11.3 Å². The van der Waals surface area contributed by atoms with Crippen LogP contribution in [0.5, 0.6) is 5.75 Å². The lowest BCUT2D eigenvalue weighted by atomic mass is 9.98. The fourth-order valence-corrected chi connectivity index (χ4v) is 2.70. The molecule has 3 N–H and O–H groups in total. The van der Waals surface area contributed by atoms with Crippen molar-refractivity contribution >= 4 is 16.9 Å². The van der Waals surface area contributed by atoms with Crippen LogP contribution >= 0.6 is 0 Å². The Morgan fingerprint density at radius 1 is 1.29 bits per heavy atom. The Labute approximate surface area is 140 Å². The molecule has 0 bridgehead atoms. The number of carbonyl (C=O) groups is 1. The van der Waals surface area contributed by atoms with Crippen LogP contribution in [0.15, 0.2) is 21.3 Å². The highest BCUT2D eigenvalue weighted by Crippen LogP contribution is 2.29. The van der Waals surface area contributed by atoms with Gasteiger partial charge in [-0.3, -0.25) is 10.1 Å². The minimum Gasteiger partial charge on any atom is -0.507 e. The molecular weight excluding hydrogens is 310 g/mol. The summed E-state index contributed by atoms with van der Waals surface area (Å²) in [6.07, 6.45) is 0.707. The number of carboxylic acid groups (broad SMARTS) is 1. The Bertz CT molecular complexity index is 824. The number of nitrogens with one attached hydrogen (secondary N) is 1. The maximum absolute atomic E-state index is 12.0. The van der Waals surface area contributed by atoms with E-state index in [1.807, 2.05) is 20.8 Å². The molecule has 6 heteroatoms. The summed E-state index contributed by atoms with van der Waals surface area (Å²) in [6, 6.07) is 2.48. The van der Waals surface area contributed by atoms with Gasteiger partial charge >= 0.3 is 11.6 Å². The molecule has 1 aromatic heterocycles. The summed E-state index contributed by atoms with van der Waals surface area (Å²) in [5.41, 5.74) is 1.55. The first-order valence-corrected chi connectivity index (χ1v) is 7.98. The Balaban J connectivity index is 2.47. The van der Waals surface area contributed by atoms with E-state index in [1.54, 1.807) is 13.0 Å². The number of hydrogen-bond acceptors (Lipinski definition) is 5. The number of carboxylic acids is 1. The molecule has 0 amide bonds. The van der Waals surface area contributed by atoms with E-state index in [0.29, 0.717) is 23.1 Å². The average Bonchev–Trinajstić information content (AvgIpc) is 2.54. The van der Waals surface area contributed by atoms with Crippen molar-refractivity contribution in [2.24, 2.45) is 5.92 Å². The molecule has 0 unspecified atom stereocenters. The average molecular weight is 333 g/mol. The van der Waals surface area contributed by atoms with Crippen LogP contribution in [-0.4, -0.2) is 22.2 Å². The molecule has 0 spiro atoms. The van der Waals surface area contributed by atoms with E-state index in [9.17, 15) is 19.8 Å². The van der Waals surface area contributed by atoms with Gasteiger partial charge < -0.3 is 14.6 Å². The van der Waals surface area contributed by atoms with E-state index in [0.717, 1.165) is 10.9 Å². The van der Waals surface area contributed by atoms with Crippen LogP contribution in [0.2, 0.25) is 0 Å². The van der Waals surface area contributed by atoms with Crippen molar-refractivity contribution in [3.05, 3.63) is 39.2 Å². The highest BCUT2D eigenvalue weighted by Gasteiger charge is 2.24. The lowest BCUT2D eigenvalue weighted by Gasteiger charge is -2.21. The Kier molecular flexibility index (Phi) is 5.29. The zero-order chi connectivity index (χ0) is 18.0. The first-order chi connectivity index (χ1) is 11.3. The van der Waals surface area contributed by atoms with E-state index < -0.39 is 17.6 Å². The molecule has 2 atom stereocenters. The standard InChI is InChI=1S/C18H23NO5/c1-5-9(2)15(17(21)22)19-8-13-14(20)7-6-12-10(3)11(4)18(23)24-16(12)13/h6-7,9,15,19-20H,5,8H2,1-4H3,(H,21,22)/t9-,15-/m0/s1. The fourth-order valence-electron chi connectivity index (χ4n) is 2.70. The maximum Gasteiger partial charge on any atom is 0.339 e. The van der Waals surface area contributed by atoms with Gasteiger partial charge in [0.25, 0.3) is 0 Å². The second kappa shape index (κ2) is 7.05. The summed E-state index contributed by atoms with van der Waals surface area (Å²) in [6.45, 7) is 7.37. The molecule has 0 saturated carbocycles. The van der Waals surface area contributed by atoms with Crippen molar-refractivity contribution in [2.45, 2.75) is 46.7 Å². The van der Waals surface area contributed by atoms with Crippen LogP contribution in [0.4, 0.5) is 0 Å². The van der Waals surface area contributed by atoms with E-state index in [-0.39, 0.29) is 18.2 Å². The second-order valence-corrected chi connectivity index (χ2v) is 6.16. The molecule has 1 aromatic carbocycles. The quantitative estimate of drug-likeness (QED) is 0.703. The summed E-state index contributed by atoms with van der Waals surface area (Å²) in [7, 11) is 0. The molecule has 0 fully saturated rings. The van der Waals surface area contributed by atoms with Crippen LogP contribution in [0, 0.1) is 19.8 Å². The van der Waals surface area contributed by atoms with E-state index >= 15 is 0 Å². The Morgan fingerprint density at radius 2 is 1.96 bits per heavy atom. The first-order valence-electron chi connectivity index (χ1n) is 7.98. The van der Waals surface area contributed by atoms with Gasteiger partial charge in [-0.2, -0.15) is 0 Å². The molecular formula is C18H23NO5. The van der Waals surface area contributed by atoms with Crippen molar-refractivity contribution in [1.29, 1.82) is 0 Å². The van der Waals surface area contributed by atoms with Gasteiger partial charge in [0.2, 0.25) is 0 Å². The third-order valence-electron chi connectivity index (χ3n) is 4.68. The largest absolute Gasteiger partial charge is 0.507 e. The van der Waals surface area contributed by atoms with Crippen LogP contribution in [0.25, 0.3) is 11.0 Å². The van der Waals surface area contributed by atoms with Crippen LogP contribution in [0.1, 0.15) is 37.0 Å². The van der Waals surface area contributed by atoms with Gasteiger partial charge in [0.1, 0.15) is 17.4 Å². The van der Waals surface area contributed by atoms with Gasteiger partial charge in [0.15, 0.2) is 0 Å². The number of fused-ring (bicyclic) bond motifs is 1. The van der Waals surface area contributed by atoms with E-state index in [4.69, 9.17) is 4.42 Å². The van der Waals surface area contributed by atoms with Gasteiger partial charge in [-0.15, -0.1) is 0 Å². The smallest absolute Gasteiger partial charge is 0.339 e. The number of phenolic OH excluding ortho intramolecular Hbond substituents is 1. The zero-order valence-corrected chi connectivity index (χ0v) is 14.3. The highest BCUT2D eigenvalue weighted by atomic mass is 16.4. The normalized spacial score (nSPS) is 13.8. The van der Waals surface area contributed by atoms with Crippen molar-refractivity contribution in [1.82, 2.24) is 5.32 Å². The van der Waals surface area contributed by atoms with Crippen molar-refractivity contribution < 1.29 is 19.4 Å². The third kappa shape index (κ3) is 3.28. The molecule has 2 rings (SSSR count). The second-order valence-electron chi connectivity index (χ2n) is 6.16. The highest BCUT2D eigenvalue weighted by molar-refractivity contribution is 5.85. The molecule has 24 heavy (non-hydrogen) atoms. The predicted molar refractivity (Wildman–Crippen MR) is 91.3 cm³/mol. The summed E-state index contributed by atoms with van der Waals surface area (Å²) in [4.78, 5) is 23.4. The molecule has 0 saturated heterocycles. The van der Waals surface area contributed by atoms with Gasteiger partial charge in [-0.25, -0.2) is 4.79 Å². The number of benzene rings is 1. The Hall–Kier alpha value is -2.34. The first kappa shape index (κ1) is 18.0. The van der Waals surface area contributed by atoms with Gasteiger partial charge in [-0.05, 0) is 37.5 Å². The molecule has 2 aromatic rings. The molecule has 1 heterocycles. The summed E-state index contributed by atoms with van der Waals surface area (Å²) in [5, 5.41) is 23.2. The zero-order valence-electron chi connectivity index (χ0n) is 14.3. The summed E-state index contributed by atoms with van der Waals surface area (Å²) < 4.78 is 5.36. The molecule has 0 aliphatic rings. The van der Waals surface area contributed by atoms with Crippen molar-refractivity contribution in [3.8, 4) is 5.75 Å². The van der Waals surface area contributed by atoms with Crippen LogP contribution < -0.4 is 10.9 Å². The lowest BCUT2D eigenvalue weighted by molar-refractivity contribution is -0.140. The monoisotopic (exact) mass is 333 g/mol. The van der Waals surface area contributed by atoms with Crippen molar-refractivity contribution in [2.75, 3.05) is 0 Å². The number of aryl methyl sites for hydroxylation is 1. The van der Waals surface area contributed by atoms with E-state index in [2.05, 4.69) is 5.32 Å².